The molecule has 0 bridgehead atoms. The van der Waals surface area contributed by atoms with Crippen molar-refractivity contribution in [3.8, 4) is 0 Å². The van der Waals surface area contributed by atoms with E-state index < -0.39 is 0 Å². The molecule has 2 aromatic carbocycles. The highest BCUT2D eigenvalue weighted by atomic mass is 19.1. The van der Waals surface area contributed by atoms with Gasteiger partial charge in [0.1, 0.15) is 36.9 Å². The summed E-state index contributed by atoms with van der Waals surface area (Å²) < 4.78 is 38.6. The Morgan fingerprint density at radius 3 is 1.70 bits per heavy atom. The van der Waals surface area contributed by atoms with Gasteiger partial charge in [-0.2, -0.15) is 0 Å². The van der Waals surface area contributed by atoms with Crippen LogP contribution in [0.3, 0.4) is 0 Å². The van der Waals surface area contributed by atoms with Crippen LogP contribution in [0.15, 0.2) is 46.4 Å². The molecule has 0 amide bonds. The van der Waals surface area contributed by atoms with Crippen molar-refractivity contribution in [2.75, 3.05) is 13.2 Å². The molecule has 7 heteroatoms. The van der Waals surface area contributed by atoms with Gasteiger partial charge >= 0.3 is 0 Å². The number of aliphatic imine (C=N–C) groups is 2. The van der Waals surface area contributed by atoms with Gasteiger partial charge in [0.25, 0.3) is 12.0 Å². The molecule has 0 fully saturated rings. The Bertz CT molecular complexity index is 867. The second-order valence-corrected chi connectivity index (χ2v) is 6.56. The van der Waals surface area contributed by atoms with Gasteiger partial charge in [-0.1, -0.05) is 24.3 Å². The first-order valence-corrected chi connectivity index (χ1v) is 8.71. The molecule has 4 rings (SSSR count). The summed E-state index contributed by atoms with van der Waals surface area (Å²) in [5, 5.41) is 2.91. The Balaban J connectivity index is 1.48. The number of ether oxygens (including phenoxy) is 2. The lowest BCUT2D eigenvalue weighted by Crippen LogP contribution is -2.30. The maximum atomic E-state index is 13.8. The van der Waals surface area contributed by atoms with Crippen LogP contribution < -0.4 is 5.32 Å². The number of amidine groups is 2. The van der Waals surface area contributed by atoms with Crippen LogP contribution in [0.2, 0.25) is 0 Å². The number of hydrogen-bond donors (Lipinski definition) is 1. The molecule has 0 saturated heterocycles. The molecule has 0 aliphatic carbocycles. The summed E-state index contributed by atoms with van der Waals surface area (Å²) in [6, 6.07) is 9.83. The molecule has 0 aromatic heterocycles. The molecular weight excluding hydrogens is 352 g/mol. The van der Waals surface area contributed by atoms with E-state index in [1.54, 1.807) is 26.0 Å². The minimum atomic E-state index is -0.286. The number of halogens is 2. The van der Waals surface area contributed by atoms with Crippen LogP contribution >= 0.6 is 0 Å². The molecule has 27 heavy (non-hydrogen) atoms. The SMILES string of the molecule is Cc1c(F)cccc1[C@H]1COC(NC2=N[C@@H](c3cccc(F)c3C)CO2)=N1. The second-order valence-electron chi connectivity index (χ2n) is 6.56. The number of hydrogen-bond acceptors (Lipinski definition) is 5. The number of rotatable bonds is 2. The largest absolute Gasteiger partial charge is 0.462 e. The average Bonchev–Trinajstić information content (AvgIpc) is 3.30. The third kappa shape index (κ3) is 3.37. The third-order valence-corrected chi connectivity index (χ3v) is 4.85. The van der Waals surface area contributed by atoms with Gasteiger partial charge in [0.05, 0.1) is 0 Å². The van der Waals surface area contributed by atoms with Crippen LogP contribution in [-0.4, -0.2) is 25.3 Å². The Kier molecular flexibility index (Phi) is 4.51. The monoisotopic (exact) mass is 371 g/mol. The van der Waals surface area contributed by atoms with Crippen molar-refractivity contribution in [2.45, 2.75) is 25.9 Å². The molecule has 0 unspecified atom stereocenters. The van der Waals surface area contributed by atoms with E-state index in [0.717, 1.165) is 11.1 Å². The lowest BCUT2D eigenvalue weighted by molar-refractivity contribution is 0.292. The lowest BCUT2D eigenvalue weighted by atomic mass is 10.0. The molecule has 2 aromatic rings. The van der Waals surface area contributed by atoms with Crippen molar-refractivity contribution >= 4 is 12.0 Å². The number of benzene rings is 2. The fraction of sp³-hybridized carbons (Fsp3) is 0.300. The molecule has 0 saturated carbocycles. The Hall–Kier alpha value is -2.96. The highest BCUT2D eigenvalue weighted by molar-refractivity contribution is 5.94. The number of nitrogens with zero attached hydrogens (tertiary/aromatic N) is 2. The van der Waals surface area contributed by atoms with Gasteiger partial charge in [-0.25, -0.2) is 18.8 Å². The van der Waals surface area contributed by atoms with Crippen molar-refractivity contribution in [1.29, 1.82) is 0 Å². The molecule has 2 aliphatic rings. The molecular formula is C20H19F2N3O2. The van der Waals surface area contributed by atoms with E-state index in [4.69, 9.17) is 9.47 Å². The van der Waals surface area contributed by atoms with Gasteiger partial charge in [-0.05, 0) is 48.2 Å². The molecule has 2 aliphatic heterocycles. The molecule has 140 valence electrons. The van der Waals surface area contributed by atoms with E-state index in [0.29, 0.717) is 24.3 Å². The van der Waals surface area contributed by atoms with Crippen LogP contribution in [0, 0.1) is 25.5 Å². The second kappa shape index (κ2) is 6.98. The highest BCUT2D eigenvalue weighted by Crippen LogP contribution is 2.28. The van der Waals surface area contributed by atoms with Gasteiger partial charge in [0, 0.05) is 0 Å². The zero-order chi connectivity index (χ0) is 19.0. The van der Waals surface area contributed by atoms with Crippen LogP contribution in [0.1, 0.15) is 34.3 Å². The minimum absolute atomic E-state index is 0.263. The topological polar surface area (TPSA) is 55.2 Å². The molecule has 2 atom stereocenters. The Morgan fingerprint density at radius 2 is 1.26 bits per heavy atom. The lowest BCUT2D eigenvalue weighted by Gasteiger charge is -2.09. The van der Waals surface area contributed by atoms with E-state index in [1.165, 1.54) is 12.1 Å². The Morgan fingerprint density at radius 1 is 0.815 bits per heavy atom. The highest BCUT2D eigenvalue weighted by Gasteiger charge is 2.27. The van der Waals surface area contributed by atoms with Crippen molar-refractivity contribution in [3.05, 3.63) is 70.3 Å². The van der Waals surface area contributed by atoms with Crippen LogP contribution in [-0.2, 0) is 9.47 Å². The third-order valence-electron chi connectivity index (χ3n) is 4.85. The summed E-state index contributed by atoms with van der Waals surface area (Å²) in [7, 11) is 0. The fourth-order valence-electron chi connectivity index (χ4n) is 3.27. The first-order valence-electron chi connectivity index (χ1n) is 8.71. The van der Waals surface area contributed by atoms with Crippen LogP contribution in [0.5, 0.6) is 0 Å². The summed E-state index contributed by atoms with van der Waals surface area (Å²) in [5.74, 6) is -0.526. The average molecular weight is 371 g/mol. The van der Waals surface area contributed by atoms with E-state index >= 15 is 0 Å². The van der Waals surface area contributed by atoms with Gasteiger partial charge < -0.3 is 9.47 Å². The fourth-order valence-corrected chi connectivity index (χ4v) is 3.27. The Labute approximate surface area is 155 Å². The predicted molar refractivity (Wildman–Crippen MR) is 97.7 cm³/mol. The zero-order valence-electron chi connectivity index (χ0n) is 15.0. The summed E-state index contributed by atoms with van der Waals surface area (Å²) in [6.07, 6.45) is 0. The van der Waals surface area contributed by atoms with Gasteiger partial charge in [-0.15, -0.1) is 0 Å². The molecule has 0 spiro atoms. The van der Waals surface area contributed by atoms with E-state index in [-0.39, 0.29) is 35.8 Å². The first-order chi connectivity index (χ1) is 13.0. The first kappa shape index (κ1) is 17.5. The van der Waals surface area contributed by atoms with Gasteiger partial charge in [-0.3, -0.25) is 5.32 Å². The standard InChI is InChI=1S/C20H19F2N3O2/c1-11-13(5-3-7-15(11)21)17-9-26-19(23-17)25-20-24-18(10-27-20)14-6-4-8-16(22)12(14)2/h3-8,17-18H,9-10H2,1-2H3,(H,23,24,25)/t17-,18-/m1/s1. The van der Waals surface area contributed by atoms with Gasteiger partial charge in [0.15, 0.2) is 0 Å². The number of nitrogens with one attached hydrogen (secondary N) is 1. The van der Waals surface area contributed by atoms with Crippen molar-refractivity contribution in [1.82, 2.24) is 5.32 Å². The van der Waals surface area contributed by atoms with E-state index in [9.17, 15) is 8.78 Å². The van der Waals surface area contributed by atoms with Crippen molar-refractivity contribution in [3.63, 3.8) is 0 Å². The van der Waals surface area contributed by atoms with Crippen LogP contribution in [0.25, 0.3) is 0 Å². The van der Waals surface area contributed by atoms with Crippen molar-refractivity contribution < 1.29 is 18.3 Å². The summed E-state index contributed by atoms with van der Waals surface area (Å²) in [4.78, 5) is 8.90. The maximum Gasteiger partial charge on any atom is 0.293 e. The summed E-state index contributed by atoms with van der Waals surface area (Å²) >= 11 is 0. The van der Waals surface area contributed by atoms with Crippen molar-refractivity contribution in [2.24, 2.45) is 9.98 Å². The molecule has 1 N–H and O–H groups in total. The maximum absolute atomic E-state index is 13.8. The van der Waals surface area contributed by atoms with Gasteiger partial charge in [0.2, 0.25) is 0 Å². The minimum Gasteiger partial charge on any atom is -0.462 e. The summed E-state index contributed by atoms with van der Waals surface area (Å²) in [5.41, 5.74) is 2.70. The molecule has 0 radical (unpaired) electrons. The van der Waals surface area contributed by atoms with Crippen LogP contribution in [0.4, 0.5) is 8.78 Å². The normalized spacial score (nSPS) is 21.3. The smallest absolute Gasteiger partial charge is 0.293 e. The quantitative estimate of drug-likeness (QED) is 0.875. The molecule has 5 nitrogen and oxygen atoms in total. The molecule has 2 heterocycles. The zero-order valence-corrected chi connectivity index (χ0v) is 15.0. The summed E-state index contributed by atoms with van der Waals surface area (Å²) in [6.45, 7) is 4.07. The predicted octanol–water partition coefficient (Wildman–Crippen LogP) is 3.73. The van der Waals surface area contributed by atoms with E-state index in [2.05, 4.69) is 15.3 Å². The van der Waals surface area contributed by atoms with E-state index in [1.807, 2.05) is 12.1 Å².